The van der Waals surface area contributed by atoms with Gasteiger partial charge in [-0.1, -0.05) is 6.92 Å². The normalized spacial score (nSPS) is 40.9. The molecule has 1 saturated carbocycles. The van der Waals surface area contributed by atoms with Gasteiger partial charge < -0.3 is 4.74 Å². The van der Waals surface area contributed by atoms with E-state index in [0.29, 0.717) is 19.4 Å². The van der Waals surface area contributed by atoms with Crippen LogP contribution in [0.15, 0.2) is 0 Å². The minimum atomic E-state index is -0.215. The zero-order valence-electron chi connectivity index (χ0n) is 7.13. The Morgan fingerprint density at radius 1 is 1.50 bits per heavy atom. The second kappa shape index (κ2) is 2.31. The molecule has 1 heterocycles. The maximum absolute atomic E-state index is 11.4. The quantitative estimate of drug-likeness (QED) is 0.505. The zero-order valence-corrected chi connectivity index (χ0v) is 7.13. The standard InChI is InChI=1S/C9H12O3/c1-9-3-2-7(10)6(9)4-8(11)12-5-9/h6H,2-5H2,1H3/t6?,9-/m1/s1. The van der Waals surface area contributed by atoms with Crippen LogP contribution in [0.1, 0.15) is 26.2 Å². The summed E-state index contributed by atoms with van der Waals surface area (Å²) in [6, 6.07) is 0. The van der Waals surface area contributed by atoms with Gasteiger partial charge in [-0.05, 0) is 6.42 Å². The summed E-state index contributed by atoms with van der Waals surface area (Å²) in [4.78, 5) is 22.3. The first-order chi connectivity index (χ1) is 5.62. The molecule has 0 amide bonds. The Morgan fingerprint density at radius 2 is 2.25 bits per heavy atom. The lowest BCUT2D eigenvalue weighted by Gasteiger charge is -2.33. The van der Waals surface area contributed by atoms with Crippen LogP contribution in [-0.4, -0.2) is 18.4 Å². The predicted octanol–water partition coefficient (Wildman–Crippen LogP) is 0.919. The summed E-state index contributed by atoms with van der Waals surface area (Å²) in [5.74, 6) is -0.0272. The van der Waals surface area contributed by atoms with Crippen molar-refractivity contribution >= 4 is 11.8 Å². The van der Waals surface area contributed by atoms with Crippen LogP contribution >= 0.6 is 0 Å². The van der Waals surface area contributed by atoms with Gasteiger partial charge in [0.1, 0.15) is 5.78 Å². The minimum Gasteiger partial charge on any atom is -0.465 e. The van der Waals surface area contributed by atoms with Crippen LogP contribution in [0.2, 0.25) is 0 Å². The van der Waals surface area contributed by atoms with Gasteiger partial charge in [-0.3, -0.25) is 9.59 Å². The van der Waals surface area contributed by atoms with E-state index in [1.165, 1.54) is 0 Å². The molecule has 12 heavy (non-hydrogen) atoms. The second-order valence-corrected chi connectivity index (χ2v) is 4.04. The molecule has 66 valence electrons. The van der Waals surface area contributed by atoms with Crippen molar-refractivity contribution in [1.29, 1.82) is 0 Å². The highest BCUT2D eigenvalue weighted by molar-refractivity contribution is 5.89. The van der Waals surface area contributed by atoms with Crippen LogP contribution in [0, 0.1) is 11.3 Å². The molecule has 0 aromatic rings. The van der Waals surface area contributed by atoms with E-state index in [-0.39, 0.29) is 23.1 Å². The molecule has 0 spiro atoms. The Kier molecular flexibility index (Phi) is 1.50. The fraction of sp³-hybridized carbons (Fsp3) is 0.778. The van der Waals surface area contributed by atoms with E-state index in [4.69, 9.17) is 4.74 Å². The molecule has 3 heteroatoms. The van der Waals surface area contributed by atoms with Crippen LogP contribution in [-0.2, 0) is 14.3 Å². The maximum atomic E-state index is 11.4. The number of ketones is 1. The van der Waals surface area contributed by atoms with Crippen LogP contribution < -0.4 is 0 Å². The number of hydrogen-bond acceptors (Lipinski definition) is 3. The summed E-state index contributed by atoms with van der Waals surface area (Å²) in [7, 11) is 0. The van der Waals surface area contributed by atoms with Gasteiger partial charge in [-0.25, -0.2) is 0 Å². The molecule has 1 unspecified atom stereocenters. The lowest BCUT2D eigenvalue weighted by Crippen LogP contribution is -2.38. The number of Topliss-reactive ketones (excluding diaryl/α,β-unsaturated/α-hetero) is 1. The van der Waals surface area contributed by atoms with Gasteiger partial charge in [0.25, 0.3) is 0 Å². The van der Waals surface area contributed by atoms with E-state index in [2.05, 4.69) is 0 Å². The molecule has 1 aliphatic heterocycles. The van der Waals surface area contributed by atoms with Crippen LogP contribution in [0.4, 0.5) is 0 Å². The fourth-order valence-corrected chi connectivity index (χ4v) is 2.15. The number of carbonyl (C=O) groups excluding carboxylic acids is 2. The molecule has 0 N–H and O–H groups in total. The van der Waals surface area contributed by atoms with E-state index in [9.17, 15) is 9.59 Å². The summed E-state index contributed by atoms with van der Waals surface area (Å²) in [5, 5.41) is 0. The number of carbonyl (C=O) groups is 2. The Balaban J connectivity index is 2.24. The summed E-state index contributed by atoms with van der Waals surface area (Å²) in [6.07, 6.45) is 1.80. The molecule has 0 bridgehead atoms. The molecule has 2 fully saturated rings. The summed E-state index contributed by atoms with van der Waals surface area (Å²) >= 11 is 0. The molecule has 1 aliphatic carbocycles. The average Bonchev–Trinajstić information content (AvgIpc) is 2.31. The Labute approximate surface area is 71.1 Å². The van der Waals surface area contributed by atoms with Crippen LogP contribution in [0.25, 0.3) is 0 Å². The predicted molar refractivity (Wildman–Crippen MR) is 41.4 cm³/mol. The first-order valence-electron chi connectivity index (χ1n) is 4.30. The van der Waals surface area contributed by atoms with Crippen molar-refractivity contribution in [3.8, 4) is 0 Å². The molecule has 1 saturated heterocycles. The molecule has 2 aliphatic rings. The van der Waals surface area contributed by atoms with Crippen molar-refractivity contribution in [2.24, 2.45) is 11.3 Å². The molecular formula is C9H12O3. The molecule has 0 radical (unpaired) electrons. The van der Waals surface area contributed by atoms with E-state index < -0.39 is 0 Å². The monoisotopic (exact) mass is 168 g/mol. The Hall–Kier alpha value is -0.860. The van der Waals surface area contributed by atoms with E-state index >= 15 is 0 Å². The summed E-state index contributed by atoms with van der Waals surface area (Å²) in [6.45, 7) is 2.47. The van der Waals surface area contributed by atoms with E-state index in [0.717, 1.165) is 6.42 Å². The van der Waals surface area contributed by atoms with Gasteiger partial charge in [0.2, 0.25) is 0 Å². The number of hydrogen-bond donors (Lipinski definition) is 0. The van der Waals surface area contributed by atoms with Crippen LogP contribution in [0.3, 0.4) is 0 Å². The van der Waals surface area contributed by atoms with Crippen molar-refractivity contribution in [2.45, 2.75) is 26.2 Å². The van der Waals surface area contributed by atoms with E-state index in [1.54, 1.807) is 0 Å². The summed E-state index contributed by atoms with van der Waals surface area (Å²) < 4.78 is 4.95. The highest BCUT2D eigenvalue weighted by Crippen LogP contribution is 2.45. The minimum absolute atomic E-state index is 0.0506. The SMILES string of the molecule is C[C@]12CCC(=O)C1CC(=O)OC2. The number of ether oxygens (including phenoxy) is 1. The molecule has 2 rings (SSSR count). The second-order valence-electron chi connectivity index (χ2n) is 4.04. The molecule has 2 atom stereocenters. The number of esters is 1. The van der Waals surface area contributed by atoms with Gasteiger partial charge in [-0.15, -0.1) is 0 Å². The average molecular weight is 168 g/mol. The maximum Gasteiger partial charge on any atom is 0.306 e. The highest BCUT2D eigenvalue weighted by atomic mass is 16.5. The molecular weight excluding hydrogens is 156 g/mol. The van der Waals surface area contributed by atoms with Gasteiger partial charge in [-0.2, -0.15) is 0 Å². The molecule has 3 nitrogen and oxygen atoms in total. The van der Waals surface area contributed by atoms with Crippen molar-refractivity contribution in [3.63, 3.8) is 0 Å². The van der Waals surface area contributed by atoms with Gasteiger partial charge in [0.05, 0.1) is 13.0 Å². The van der Waals surface area contributed by atoms with Crippen molar-refractivity contribution in [2.75, 3.05) is 6.61 Å². The van der Waals surface area contributed by atoms with Gasteiger partial charge in [0, 0.05) is 17.8 Å². The summed E-state index contributed by atoms with van der Waals surface area (Å²) in [5.41, 5.74) is -0.0506. The highest BCUT2D eigenvalue weighted by Gasteiger charge is 2.49. The van der Waals surface area contributed by atoms with E-state index in [1.807, 2.05) is 6.92 Å². The fourth-order valence-electron chi connectivity index (χ4n) is 2.15. The Morgan fingerprint density at radius 3 is 3.00 bits per heavy atom. The largest absolute Gasteiger partial charge is 0.465 e. The first kappa shape index (κ1) is 7.77. The van der Waals surface area contributed by atoms with Gasteiger partial charge >= 0.3 is 5.97 Å². The van der Waals surface area contributed by atoms with Crippen molar-refractivity contribution in [3.05, 3.63) is 0 Å². The first-order valence-corrected chi connectivity index (χ1v) is 4.30. The lowest BCUT2D eigenvalue weighted by molar-refractivity contribution is -0.159. The Bertz CT molecular complexity index is 246. The smallest absolute Gasteiger partial charge is 0.306 e. The third-order valence-corrected chi connectivity index (χ3v) is 3.11. The van der Waals surface area contributed by atoms with Crippen molar-refractivity contribution in [1.82, 2.24) is 0 Å². The topological polar surface area (TPSA) is 43.4 Å². The third kappa shape index (κ3) is 0.958. The van der Waals surface area contributed by atoms with Gasteiger partial charge in [0.15, 0.2) is 0 Å². The van der Waals surface area contributed by atoms with Crippen molar-refractivity contribution < 1.29 is 14.3 Å². The number of cyclic esters (lactones) is 1. The third-order valence-electron chi connectivity index (χ3n) is 3.11. The van der Waals surface area contributed by atoms with Crippen LogP contribution in [0.5, 0.6) is 0 Å². The lowest BCUT2D eigenvalue weighted by atomic mass is 9.77. The zero-order chi connectivity index (χ0) is 8.77. The number of fused-ring (bicyclic) bond motifs is 1. The number of rotatable bonds is 0. The molecule has 0 aromatic carbocycles. The molecule has 0 aromatic heterocycles.